The lowest BCUT2D eigenvalue weighted by Crippen LogP contribution is -2.23. The van der Waals surface area contributed by atoms with Crippen LogP contribution in [-0.4, -0.2) is 18.8 Å². The molecule has 0 amide bonds. The monoisotopic (exact) mass is 175 g/mol. The Kier molecular flexibility index (Phi) is 6.06. The summed E-state index contributed by atoms with van der Waals surface area (Å²) >= 11 is 4.38. The number of thiol groups is 1. The van der Waals surface area contributed by atoms with Crippen LogP contribution in [-0.2, 0) is 0 Å². The molecule has 0 radical (unpaired) electrons. The van der Waals surface area contributed by atoms with Crippen molar-refractivity contribution in [2.24, 2.45) is 11.8 Å². The van der Waals surface area contributed by atoms with Crippen LogP contribution in [0.1, 0.15) is 27.2 Å². The Labute approximate surface area is 76.4 Å². The van der Waals surface area contributed by atoms with E-state index < -0.39 is 0 Å². The van der Waals surface area contributed by atoms with E-state index in [-0.39, 0.29) is 0 Å². The fraction of sp³-hybridized carbons (Fsp3) is 1.00. The summed E-state index contributed by atoms with van der Waals surface area (Å²) in [6.45, 7) is 7.86. The van der Waals surface area contributed by atoms with Gasteiger partial charge in [0.25, 0.3) is 0 Å². The Morgan fingerprint density at radius 3 is 2.09 bits per heavy atom. The van der Waals surface area contributed by atoms with Crippen molar-refractivity contribution in [3.63, 3.8) is 0 Å². The predicted molar refractivity (Wildman–Crippen MR) is 55.3 cm³/mol. The van der Waals surface area contributed by atoms with Gasteiger partial charge in [-0.25, -0.2) is 0 Å². The van der Waals surface area contributed by atoms with Gasteiger partial charge in [-0.05, 0) is 37.1 Å². The maximum Gasteiger partial charge on any atom is -0.000895 e. The molecule has 2 heteroatoms. The highest BCUT2D eigenvalue weighted by molar-refractivity contribution is 7.80. The second-order valence-corrected chi connectivity index (χ2v) is 4.48. The van der Waals surface area contributed by atoms with Crippen molar-refractivity contribution in [3.05, 3.63) is 0 Å². The van der Waals surface area contributed by atoms with E-state index >= 15 is 0 Å². The fourth-order valence-corrected chi connectivity index (χ4v) is 1.63. The zero-order valence-corrected chi connectivity index (χ0v) is 8.99. The fourth-order valence-electron chi connectivity index (χ4n) is 1.29. The van der Waals surface area contributed by atoms with Gasteiger partial charge in [-0.3, -0.25) is 0 Å². The van der Waals surface area contributed by atoms with Crippen molar-refractivity contribution in [1.82, 2.24) is 5.32 Å². The average Bonchev–Trinajstić information content (AvgIpc) is 1.86. The second kappa shape index (κ2) is 5.90. The first-order valence-corrected chi connectivity index (χ1v) is 4.92. The normalized spacial score (nSPS) is 19.4. The van der Waals surface area contributed by atoms with Crippen LogP contribution in [0, 0.1) is 11.8 Å². The molecule has 0 aromatic carbocycles. The van der Waals surface area contributed by atoms with E-state index in [2.05, 4.69) is 38.7 Å². The van der Waals surface area contributed by atoms with Gasteiger partial charge in [0.2, 0.25) is 0 Å². The lowest BCUT2D eigenvalue weighted by molar-refractivity contribution is 0.356. The molecular weight excluding hydrogens is 154 g/mol. The van der Waals surface area contributed by atoms with E-state index in [1.807, 2.05) is 7.05 Å². The van der Waals surface area contributed by atoms with Crippen molar-refractivity contribution >= 4 is 12.6 Å². The molecule has 0 rings (SSSR count). The van der Waals surface area contributed by atoms with Crippen LogP contribution in [0.25, 0.3) is 0 Å². The first kappa shape index (κ1) is 11.3. The van der Waals surface area contributed by atoms with Crippen molar-refractivity contribution < 1.29 is 0 Å². The highest BCUT2D eigenvalue weighted by Crippen LogP contribution is 2.18. The van der Waals surface area contributed by atoms with E-state index in [0.717, 1.165) is 18.4 Å². The third-order valence-corrected chi connectivity index (χ3v) is 2.42. The molecular formula is C9H21NS. The van der Waals surface area contributed by atoms with Gasteiger partial charge in [0.1, 0.15) is 0 Å². The zero-order chi connectivity index (χ0) is 8.85. The smallest absolute Gasteiger partial charge is 0.000895 e. The minimum absolute atomic E-state index is 0.532. The van der Waals surface area contributed by atoms with Gasteiger partial charge in [-0.15, -0.1) is 0 Å². The number of rotatable bonds is 5. The predicted octanol–water partition coefficient (Wildman–Crippen LogP) is 2.19. The summed E-state index contributed by atoms with van der Waals surface area (Å²) in [5.41, 5.74) is 0. The Morgan fingerprint density at radius 2 is 1.73 bits per heavy atom. The molecule has 1 N–H and O–H groups in total. The summed E-state index contributed by atoms with van der Waals surface area (Å²) in [5.74, 6) is 1.53. The molecule has 0 spiro atoms. The van der Waals surface area contributed by atoms with Gasteiger partial charge < -0.3 is 5.32 Å². The van der Waals surface area contributed by atoms with Crippen LogP contribution >= 0.6 is 12.6 Å². The minimum Gasteiger partial charge on any atom is -0.319 e. The summed E-state index contributed by atoms with van der Waals surface area (Å²) in [4.78, 5) is 0. The quantitative estimate of drug-likeness (QED) is 0.610. The molecule has 0 aromatic heterocycles. The SMILES string of the molecule is CNCC(C)[C@H](C)CC(C)S. The van der Waals surface area contributed by atoms with Crippen molar-refractivity contribution in [2.45, 2.75) is 32.4 Å². The van der Waals surface area contributed by atoms with Gasteiger partial charge in [0.05, 0.1) is 0 Å². The Hall–Kier alpha value is 0.310. The van der Waals surface area contributed by atoms with Gasteiger partial charge in [0.15, 0.2) is 0 Å². The van der Waals surface area contributed by atoms with Crippen molar-refractivity contribution in [3.8, 4) is 0 Å². The largest absolute Gasteiger partial charge is 0.319 e. The first-order valence-electron chi connectivity index (χ1n) is 4.40. The maximum absolute atomic E-state index is 4.38. The van der Waals surface area contributed by atoms with Gasteiger partial charge in [-0.2, -0.15) is 12.6 Å². The molecule has 2 unspecified atom stereocenters. The highest BCUT2D eigenvalue weighted by Gasteiger charge is 2.12. The van der Waals surface area contributed by atoms with Crippen LogP contribution in [0.5, 0.6) is 0 Å². The zero-order valence-electron chi connectivity index (χ0n) is 8.09. The molecule has 0 bridgehead atoms. The molecule has 0 aliphatic rings. The third-order valence-electron chi connectivity index (χ3n) is 2.21. The molecule has 0 saturated heterocycles. The molecule has 68 valence electrons. The number of nitrogens with one attached hydrogen (secondary N) is 1. The van der Waals surface area contributed by atoms with Crippen molar-refractivity contribution in [1.29, 1.82) is 0 Å². The highest BCUT2D eigenvalue weighted by atomic mass is 32.1. The molecule has 0 aromatic rings. The van der Waals surface area contributed by atoms with E-state index in [1.54, 1.807) is 0 Å². The molecule has 1 nitrogen and oxygen atoms in total. The summed E-state index contributed by atoms with van der Waals surface area (Å²) in [7, 11) is 2.01. The van der Waals surface area contributed by atoms with Crippen molar-refractivity contribution in [2.75, 3.05) is 13.6 Å². The summed E-state index contributed by atoms with van der Waals surface area (Å²) in [5, 5.41) is 3.73. The van der Waals surface area contributed by atoms with Gasteiger partial charge >= 0.3 is 0 Å². The first-order chi connectivity index (χ1) is 5.07. The van der Waals surface area contributed by atoms with E-state index in [1.165, 1.54) is 6.42 Å². The van der Waals surface area contributed by atoms with Gasteiger partial charge in [-0.1, -0.05) is 20.8 Å². The van der Waals surface area contributed by atoms with Crippen LogP contribution in [0.15, 0.2) is 0 Å². The van der Waals surface area contributed by atoms with E-state index in [9.17, 15) is 0 Å². The van der Waals surface area contributed by atoms with Crippen LogP contribution in [0.3, 0.4) is 0 Å². The van der Waals surface area contributed by atoms with E-state index in [4.69, 9.17) is 0 Å². The van der Waals surface area contributed by atoms with Gasteiger partial charge in [0, 0.05) is 0 Å². The molecule has 0 fully saturated rings. The summed E-state index contributed by atoms with van der Waals surface area (Å²) in [6, 6.07) is 0. The lowest BCUT2D eigenvalue weighted by Gasteiger charge is -2.20. The standard InChI is InChI=1S/C9H21NS/c1-7(5-9(3)11)8(2)6-10-4/h7-11H,5-6H2,1-4H3/t7-,8?,9?/m1/s1. The molecule has 0 aliphatic heterocycles. The second-order valence-electron chi connectivity index (χ2n) is 3.60. The van der Waals surface area contributed by atoms with Crippen LogP contribution < -0.4 is 5.32 Å². The average molecular weight is 175 g/mol. The van der Waals surface area contributed by atoms with E-state index in [0.29, 0.717) is 5.25 Å². The Bertz CT molecular complexity index is 93.6. The minimum atomic E-state index is 0.532. The maximum atomic E-state index is 4.38. The van der Waals surface area contributed by atoms with Crippen LogP contribution in [0.2, 0.25) is 0 Å². The van der Waals surface area contributed by atoms with Crippen LogP contribution in [0.4, 0.5) is 0 Å². The Balaban J connectivity index is 3.54. The third kappa shape index (κ3) is 5.57. The summed E-state index contributed by atoms with van der Waals surface area (Å²) in [6.07, 6.45) is 1.21. The molecule has 0 saturated carbocycles. The molecule has 11 heavy (non-hydrogen) atoms. The summed E-state index contributed by atoms with van der Waals surface area (Å²) < 4.78 is 0. The number of hydrogen-bond donors (Lipinski definition) is 2. The molecule has 0 heterocycles. The molecule has 3 atom stereocenters. The topological polar surface area (TPSA) is 12.0 Å². The Morgan fingerprint density at radius 1 is 1.18 bits per heavy atom. The lowest BCUT2D eigenvalue weighted by atomic mass is 9.92. The number of hydrogen-bond acceptors (Lipinski definition) is 2. The molecule has 0 aliphatic carbocycles.